The van der Waals surface area contributed by atoms with Crippen molar-refractivity contribution in [1.29, 1.82) is 0 Å². The van der Waals surface area contributed by atoms with Crippen LogP contribution in [0.5, 0.6) is 5.75 Å². The fraction of sp³-hybridized carbons (Fsp3) is 0.150. The van der Waals surface area contributed by atoms with Crippen molar-refractivity contribution in [2.75, 3.05) is 17.7 Å². The summed E-state index contributed by atoms with van der Waals surface area (Å²) in [5.41, 5.74) is 1.72. The van der Waals surface area contributed by atoms with E-state index in [2.05, 4.69) is 15.6 Å². The van der Waals surface area contributed by atoms with Crippen LogP contribution in [0.2, 0.25) is 0 Å². The Morgan fingerprint density at radius 2 is 1.85 bits per heavy atom. The van der Waals surface area contributed by atoms with Gasteiger partial charge in [-0.3, -0.25) is 14.4 Å². The first-order valence-corrected chi connectivity index (χ1v) is 8.32. The molecule has 2 aromatic carbocycles. The highest BCUT2D eigenvalue weighted by atomic mass is 16.5. The van der Waals surface area contributed by atoms with Crippen LogP contribution in [0.15, 0.2) is 53.3 Å². The van der Waals surface area contributed by atoms with Gasteiger partial charge < -0.3 is 20.4 Å². The first kappa shape index (κ1) is 18.2. The number of nitrogens with one attached hydrogen (secondary N) is 3. The van der Waals surface area contributed by atoms with Crippen LogP contribution in [-0.4, -0.2) is 23.9 Å². The quantitative estimate of drug-likeness (QED) is 0.647. The summed E-state index contributed by atoms with van der Waals surface area (Å²) >= 11 is 0. The SMILES string of the molecule is COc1ccc(NC(C)=O)cc1NC(=O)Cc1cc2ccccc2[nH]c1=O. The third-order valence-corrected chi connectivity index (χ3v) is 3.98. The number of hydrogen-bond acceptors (Lipinski definition) is 4. The maximum Gasteiger partial charge on any atom is 0.252 e. The van der Waals surface area contributed by atoms with Gasteiger partial charge in [-0.25, -0.2) is 0 Å². The average Bonchev–Trinajstić information content (AvgIpc) is 2.62. The Morgan fingerprint density at radius 1 is 1.07 bits per heavy atom. The molecule has 1 heterocycles. The predicted octanol–water partition coefficient (Wildman–Crippen LogP) is 2.68. The van der Waals surface area contributed by atoms with Gasteiger partial charge in [0.2, 0.25) is 11.8 Å². The molecular weight excluding hydrogens is 346 g/mol. The van der Waals surface area contributed by atoms with Crippen LogP contribution in [0.3, 0.4) is 0 Å². The fourth-order valence-corrected chi connectivity index (χ4v) is 2.78. The molecule has 7 heteroatoms. The Labute approximate surface area is 155 Å². The number of carbonyl (C=O) groups excluding carboxylic acids is 2. The number of H-pyrrole nitrogens is 1. The molecule has 3 aromatic rings. The lowest BCUT2D eigenvalue weighted by Gasteiger charge is -2.12. The molecule has 0 fully saturated rings. The van der Waals surface area contributed by atoms with E-state index < -0.39 is 0 Å². The highest BCUT2D eigenvalue weighted by Crippen LogP contribution is 2.28. The van der Waals surface area contributed by atoms with Gasteiger partial charge in [0.05, 0.1) is 19.2 Å². The van der Waals surface area contributed by atoms with Crippen molar-refractivity contribution in [2.45, 2.75) is 13.3 Å². The Kier molecular flexibility index (Phi) is 5.21. The third kappa shape index (κ3) is 4.33. The largest absolute Gasteiger partial charge is 0.495 e. The topological polar surface area (TPSA) is 100 Å². The molecule has 0 unspecified atom stereocenters. The number of ether oxygens (including phenoxy) is 1. The normalized spacial score (nSPS) is 10.4. The summed E-state index contributed by atoms with van der Waals surface area (Å²) in [6.07, 6.45) is -0.0896. The lowest BCUT2D eigenvalue weighted by atomic mass is 10.1. The summed E-state index contributed by atoms with van der Waals surface area (Å²) in [6.45, 7) is 1.40. The predicted molar refractivity (Wildman–Crippen MR) is 104 cm³/mol. The molecule has 0 aliphatic heterocycles. The van der Waals surface area contributed by atoms with Gasteiger partial charge in [-0.1, -0.05) is 18.2 Å². The van der Waals surface area contributed by atoms with Crippen molar-refractivity contribution in [3.63, 3.8) is 0 Å². The highest BCUT2D eigenvalue weighted by molar-refractivity contribution is 5.96. The van der Waals surface area contributed by atoms with Gasteiger partial charge in [0.25, 0.3) is 5.56 Å². The second-order valence-electron chi connectivity index (χ2n) is 6.03. The van der Waals surface area contributed by atoms with E-state index >= 15 is 0 Å². The van der Waals surface area contributed by atoms with Crippen molar-refractivity contribution in [3.05, 3.63) is 64.4 Å². The molecule has 0 radical (unpaired) electrons. The Balaban J connectivity index is 1.82. The lowest BCUT2D eigenvalue weighted by molar-refractivity contribution is -0.116. The molecule has 3 N–H and O–H groups in total. The van der Waals surface area contributed by atoms with E-state index in [1.807, 2.05) is 18.2 Å². The Morgan fingerprint density at radius 3 is 2.59 bits per heavy atom. The van der Waals surface area contributed by atoms with Crippen LogP contribution in [0.4, 0.5) is 11.4 Å². The van der Waals surface area contributed by atoms with Crippen molar-refractivity contribution >= 4 is 34.1 Å². The monoisotopic (exact) mass is 365 g/mol. The van der Waals surface area contributed by atoms with Crippen LogP contribution in [-0.2, 0) is 16.0 Å². The Bertz CT molecular complexity index is 1070. The van der Waals surface area contributed by atoms with E-state index in [0.29, 0.717) is 22.7 Å². The minimum atomic E-state index is -0.367. The molecular formula is C20H19N3O4. The maximum absolute atomic E-state index is 12.5. The van der Waals surface area contributed by atoms with Crippen LogP contribution in [0.1, 0.15) is 12.5 Å². The number of benzene rings is 2. The molecule has 0 aliphatic rings. The van der Waals surface area contributed by atoms with Gasteiger partial charge in [-0.15, -0.1) is 0 Å². The van der Waals surface area contributed by atoms with Crippen molar-refractivity contribution in [3.8, 4) is 5.75 Å². The molecule has 138 valence electrons. The summed E-state index contributed by atoms with van der Waals surface area (Å²) in [5.74, 6) is -0.140. The molecule has 0 atom stereocenters. The number of hydrogen-bond donors (Lipinski definition) is 3. The van der Waals surface area contributed by atoms with Gasteiger partial charge in [-0.05, 0) is 35.7 Å². The van der Waals surface area contributed by atoms with Gasteiger partial charge >= 0.3 is 0 Å². The minimum Gasteiger partial charge on any atom is -0.495 e. The van der Waals surface area contributed by atoms with E-state index in [1.165, 1.54) is 14.0 Å². The number of methoxy groups -OCH3 is 1. The van der Waals surface area contributed by atoms with Crippen LogP contribution in [0.25, 0.3) is 10.9 Å². The molecule has 0 spiro atoms. The Hall–Kier alpha value is -3.61. The fourth-order valence-electron chi connectivity index (χ4n) is 2.78. The van der Waals surface area contributed by atoms with Crippen LogP contribution < -0.4 is 20.9 Å². The summed E-state index contributed by atoms with van der Waals surface area (Å²) in [5, 5.41) is 6.23. The number of carbonyl (C=O) groups is 2. The number of aromatic nitrogens is 1. The smallest absolute Gasteiger partial charge is 0.252 e. The third-order valence-electron chi connectivity index (χ3n) is 3.98. The van der Waals surface area contributed by atoms with Gasteiger partial charge in [0.1, 0.15) is 5.75 Å². The number of aromatic amines is 1. The number of amides is 2. The molecule has 1 aromatic heterocycles. The lowest BCUT2D eigenvalue weighted by Crippen LogP contribution is -2.21. The number of fused-ring (bicyclic) bond motifs is 1. The molecule has 0 bridgehead atoms. The molecule has 0 saturated carbocycles. The van der Waals surface area contributed by atoms with Crippen molar-refractivity contribution in [2.24, 2.45) is 0 Å². The van der Waals surface area contributed by atoms with Crippen molar-refractivity contribution < 1.29 is 14.3 Å². The number of anilines is 2. The van der Waals surface area contributed by atoms with E-state index in [0.717, 1.165) is 10.9 Å². The molecule has 2 amide bonds. The molecule has 27 heavy (non-hydrogen) atoms. The first-order valence-electron chi connectivity index (χ1n) is 8.32. The summed E-state index contributed by atoms with van der Waals surface area (Å²) in [6, 6.07) is 14.0. The number of rotatable bonds is 5. The van der Waals surface area contributed by atoms with E-state index in [1.54, 1.807) is 30.3 Å². The zero-order valence-corrected chi connectivity index (χ0v) is 15.0. The molecule has 7 nitrogen and oxygen atoms in total. The minimum absolute atomic E-state index is 0.0896. The van der Waals surface area contributed by atoms with E-state index in [-0.39, 0.29) is 23.8 Å². The second-order valence-corrected chi connectivity index (χ2v) is 6.03. The first-order chi connectivity index (χ1) is 13.0. The van der Waals surface area contributed by atoms with E-state index in [9.17, 15) is 14.4 Å². The van der Waals surface area contributed by atoms with E-state index in [4.69, 9.17) is 4.74 Å². The van der Waals surface area contributed by atoms with Crippen molar-refractivity contribution in [1.82, 2.24) is 4.98 Å². The van der Waals surface area contributed by atoms with Gasteiger partial charge in [-0.2, -0.15) is 0 Å². The summed E-state index contributed by atoms with van der Waals surface area (Å²) in [4.78, 5) is 38.7. The summed E-state index contributed by atoms with van der Waals surface area (Å²) in [7, 11) is 1.48. The molecule has 3 rings (SSSR count). The highest BCUT2D eigenvalue weighted by Gasteiger charge is 2.12. The van der Waals surface area contributed by atoms with Crippen LogP contribution >= 0.6 is 0 Å². The standard InChI is InChI=1S/C20H19N3O4/c1-12(24)21-15-7-8-18(27-2)17(11-15)22-19(25)10-14-9-13-5-3-4-6-16(13)23-20(14)26/h3-9,11H,10H2,1-2H3,(H,21,24)(H,22,25)(H,23,26). The maximum atomic E-state index is 12.5. The zero-order chi connectivity index (χ0) is 19.4. The number of para-hydroxylation sites is 1. The number of pyridine rings is 1. The van der Waals surface area contributed by atoms with Gasteiger partial charge in [0, 0.05) is 23.7 Å². The molecule has 0 saturated heterocycles. The average molecular weight is 365 g/mol. The zero-order valence-electron chi connectivity index (χ0n) is 15.0. The second kappa shape index (κ2) is 7.74. The summed E-state index contributed by atoms with van der Waals surface area (Å²) < 4.78 is 5.24. The van der Waals surface area contributed by atoms with Gasteiger partial charge in [0.15, 0.2) is 0 Å². The molecule has 0 aliphatic carbocycles. The van der Waals surface area contributed by atoms with Crippen LogP contribution in [0, 0.1) is 0 Å².